The topological polar surface area (TPSA) is 47.0 Å². The maximum atomic E-state index is 11.9. The minimum atomic E-state index is -3.31. The molecule has 1 aromatic carbocycles. The molecular weight excluding hydrogens is 282 g/mol. The van der Waals surface area contributed by atoms with E-state index in [1.165, 1.54) is 11.5 Å². The molecule has 0 atom stereocenters. The normalized spacial score (nSPS) is 11.8. The van der Waals surface area contributed by atoms with Crippen molar-refractivity contribution in [2.75, 3.05) is 0 Å². The van der Waals surface area contributed by atoms with E-state index in [1.54, 1.807) is 48.7 Å². The number of benzene rings is 1. The third kappa shape index (κ3) is 4.50. The lowest BCUT2D eigenvalue weighted by molar-refractivity contribution is 0.604. The molecule has 0 aliphatic heterocycles. The Labute approximate surface area is 117 Å². The number of rotatable bonds is 4. The van der Waals surface area contributed by atoms with Crippen LogP contribution in [-0.4, -0.2) is 13.4 Å². The minimum Gasteiger partial charge on any atom is -0.257 e. The average molecular weight is 294 g/mol. The second-order valence-corrected chi connectivity index (χ2v) is 6.31. The molecule has 98 valence electrons. The number of halogens is 1. The highest BCUT2D eigenvalue weighted by Gasteiger charge is 2.07. The van der Waals surface area contributed by atoms with Gasteiger partial charge in [-0.25, -0.2) is 8.42 Å². The van der Waals surface area contributed by atoms with Crippen molar-refractivity contribution in [3.63, 3.8) is 0 Å². The Kier molecular flexibility index (Phi) is 4.35. The summed E-state index contributed by atoms with van der Waals surface area (Å²) >= 11 is 5.75. The maximum Gasteiger partial charge on any atom is 0.175 e. The fraction of sp³-hybridized carbons (Fsp3) is 0.0714. The molecule has 19 heavy (non-hydrogen) atoms. The van der Waals surface area contributed by atoms with Gasteiger partial charge in [0, 0.05) is 16.6 Å². The molecule has 0 aliphatic carbocycles. The largest absolute Gasteiger partial charge is 0.257 e. The smallest absolute Gasteiger partial charge is 0.175 e. The summed E-state index contributed by atoms with van der Waals surface area (Å²) < 4.78 is 23.8. The van der Waals surface area contributed by atoms with E-state index >= 15 is 0 Å². The Morgan fingerprint density at radius 2 is 1.84 bits per heavy atom. The second-order valence-electron chi connectivity index (χ2n) is 3.99. The molecule has 3 nitrogen and oxygen atoms in total. The van der Waals surface area contributed by atoms with Crippen LogP contribution in [0.1, 0.15) is 11.3 Å². The summed E-state index contributed by atoms with van der Waals surface area (Å²) in [6.45, 7) is 0. The molecule has 0 saturated carbocycles. The summed E-state index contributed by atoms with van der Waals surface area (Å²) in [5.74, 6) is -0.0481. The molecule has 0 saturated heterocycles. The SMILES string of the molecule is O=S(=O)(C=Cc1ccccn1)Cc1ccc(Cl)cc1. The number of aromatic nitrogens is 1. The van der Waals surface area contributed by atoms with Gasteiger partial charge in [0.25, 0.3) is 0 Å². The molecule has 2 aromatic rings. The lowest BCUT2D eigenvalue weighted by atomic mass is 10.2. The van der Waals surface area contributed by atoms with Crippen molar-refractivity contribution in [1.82, 2.24) is 4.98 Å². The second kappa shape index (κ2) is 5.99. The summed E-state index contributed by atoms with van der Waals surface area (Å²) in [5.41, 5.74) is 1.32. The van der Waals surface area contributed by atoms with Crippen LogP contribution in [0.25, 0.3) is 6.08 Å². The van der Waals surface area contributed by atoms with Gasteiger partial charge in [0.05, 0.1) is 11.4 Å². The number of hydrogen-bond donors (Lipinski definition) is 0. The van der Waals surface area contributed by atoms with Gasteiger partial charge in [-0.05, 0) is 35.9 Å². The third-order valence-electron chi connectivity index (χ3n) is 2.42. The van der Waals surface area contributed by atoms with Crippen molar-refractivity contribution >= 4 is 27.5 Å². The van der Waals surface area contributed by atoms with E-state index in [2.05, 4.69) is 4.98 Å². The van der Waals surface area contributed by atoms with Gasteiger partial charge in [-0.15, -0.1) is 0 Å². The fourth-order valence-electron chi connectivity index (χ4n) is 1.51. The van der Waals surface area contributed by atoms with Gasteiger partial charge in [0.15, 0.2) is 9.84 Å². The summed E-state index contributed by atoms with van der Waals surface area (Å²) in [4.78, 5) is 4.03. The van der Waals surface area contributed by atoms with E-state index in [0.717, 1.165) is 0 Å². The van der Waals surface area contributed by atoms with E-state index < -0.39 is 9.84 Å². The van der Waals surface area contributed by atoms with E-state index in [-0.39, 0.29) is 5.75 Å². The van der Waals surface area contributed by atoms with Gasteiger partial charge in [-0.2, -0.15) is 0 Å². The van der Waals surface area contributed by atoms with Gasteiger partial charge in [-0.1, -0.05) is 29.8 Å². The number of sulfone groups is 1. The van der Waals surface area contributed by atoms with E-state index in [1.807, 2.05) is 0 Å². The van der Waals surface area contributed by atoms with Crippen molar-refractivity contribution in [2.24, 2.45) is 0 Å². The summed E-state index contributed by atoms with van der Waals surface area (Å²) in [6.07, 6.45) is 3.11. The highest BCUT2D eigenvalue weighted by Crippen LogP contribution is 2.13. The molecule has 0 fully saturated rings. The lowest BCUT2D eigenvalue weighted by Gasteiger charge is -2.00. The van der Waals surface area contributed by atoms with Crippen LogP contribution in [0.4, 0.5) is 0 Å². The van der Waals surface area contributed by atoms with Crippen LogP contribution >= 0.6 is 11.6 Å². The zero-order chi connectivity index (χ0) is 13.7. The molecule has 2 rings (SSSR count). The zero-order valence-electron chi connectivity index (χ0n) is 10.0. The fourth-order valence-corrected chi connectivity index (χ4v) is 2.74. The Morgan fingerprint density at radius 1 is 1.11 bits per heavy atom. The predicted octanol–water partition coefficient (Wildman–Crippen LogP) is 3.32. The third-order valence-corrected chi connectivity index (χ3v) is 3.95. The maximum absolute atomic E-state index is 11.9. The molecule has 0 amide bonds. The zero-order valence-corrected chi connectivity index (χ0v) is 11.6. The summed E-state index contributed by atoms with van der Waals surface area (Å²) in [5, 5.41) is 1.77. The van der Waals surface area contributed by atoms with Gasteiger partial charge >= 0.3 is 0 Å². The molecular formula is C14H12ClNO2S. The summed E-state index contributed by atoms with van der Waals surface area (Å²) in [7, 11) is -3.31. The molecule has 1 aromatic heterocycles. The van der Waals surface area contributed by atoms with E-state index in [4.69, 9.17) is 11.6 Å². The molecule has 0 spiro atoms. The Hall–Kier alpha value is -1.65. The number of hydrogen-bond acceptors (Lipinski definition) is 3. The van der Waals surface area contributed by atoms with E-state index in [0.29, 0.717) is 16.3 Å². The summed E-state index contributed by atoms with van der Waals surface area (Å²) in [6, 6.07) is 12.1. The Morgan fingerprint density at radius 3 is 2.47 bits per heavy atom. The Balaban J connectivity index is 2.11. The first kappa shape index (κ1) is 13.8. The Bertz CT molecular complexity index is 664. The van der Waals surface area contributed by atoms with Gasteiger partial charge in [0.2, 0.25) is 0 Å². The molecule has 0 N–H and O–H groups in total. The quantitative estimate of drug-likeness (QED) is 0.869. The van der Waals surface area contributed by atoms with E-state index in [9.17, 15) is 8.42 Å². The first-order chi connectivity index (χ1) is 9.05. The van der Waals surface area contributed by atoms with Gasteiger partial charge in [0.1, 0.15) is 0 Å². The average Bonchev–Trinajstić information content (AvgIpc) is 2.40. The van der Waals surface area contributed by atoms with Crippen molar-refractivity contribution < 1.29 is 8.42 Å². The number of pyridine rings is 1. The molecule has 0 aliphatic rings. The minimum absolute atomic E-state index is 0.0481. The van der Waals surface area contributed by atoms with Crippen molar-refractivity contribution in [1.29, 1.82) is 0 Å². The van der Waals surface area contributed by atoms with Crippen molar-refractivity contribution in [3.8, 4) is 0 Å². The van der Waals surface area contributed by atoms with Gasteiger partial charge in [-0.3, -0.25) is 4.98 Å². The van der Waals surface area contributed by atoms with Crippen LogP contribution in [0.15, 0.2) is 54.1 Å². The molecule has 0 unspecified atom stereocenters. The predicted molar refractivity (Wildman–Crippen MR) is 77.3 cm³/mol. The van der Waals surface area contributed by atoms with Crippen LogP contribution in [0.2, 0.25) is 5.02 Å². The lowest BCUT2D eigenvalue weighted by Crippen LogP contribution is -1.99. The molecule has 0 bridgehead atoms. The first-order valence-corrected chi connectivity index (χ1v) is 7.71. The van der Waals surface area contributed by atoms with Crippen LogP contribution in [0.3, 0.4) is 0 Å². The van der Waals surface area contributed by atoms with Gasteiger partial charge < -0.3 is 0 Å². The van der Waals surface area contributed by atoms with Crippen LogP contribution in [0, 0.1) is 0 Å². The number of nitrogens with zero attached hydrogens (tertiary/aromatic N) is 1. The van der Waals surface area contributed by atoms with Crippen LogP contribution in [-0.2, 0) is 15.6 Å². The molecule has 1 heterocycles. The first-order valence-electron chi connectivity index (χ1n) is 5.61. The highest BCUT2D eigenvalue weighted by molar-refractivity contribution is 7.93. The van der Waals surface area contributed by atoms with Crippen molar-refractivity contribution in [2.45, 2.75) is 5.75 Å². The van der Waals surface area contributed by atoms with Crippen LogP contribution in [0.5, 0.6) is 0 Å². The standard InChI is InChI=1S/C14H12ClNO2S/c15-13-6-4-12(5-7-13)11-19(17,18)10-8-14-3-1-2-9-16-14/h1-10H,11H2. The highest BCUT2D eigenvalue weighted by atomic mass is 35.5. The molecule has 5 heteroatoms. The monoisotopic (exact) mass is 293 g/mol. The van der Waals surface area contributed by atoms with Crippen LogP contribution < -0.4 is 0 Å². The van der Waals surface area contributed by atoms with Crippen molar-refractivity contribution in [3.05, 3.63) is 70.3 Å². The molecule has 0 radical (unpaired) electrons.